The fourth-order valence-electron chi connectivity index (χ4n) is 2.93. The van der Waals surface area contributed by atoms with Gasteiger partial charge in [0.2, 0.25) is 18.2 Å². The first-order valence-electron chi connectivity index (χ1n) is 8.08. The number of aromatic nitrogens is 2. The molecule has 7 nitrogen and oxygen atoms in total. The molecule has 126 valence electrons. The van der Waals surface area contributed by atoms with E-state index in [4.69, 9.17) is 4.52 Å². The van der Waals surface area contributed by atoms with Gasteiger partial charge >= 0.3 is 0 Å². The molecule has 7 heteroatoms. The van der Waals surface area contributed by atoms with Gasteiger partial charge in [0.15, 0.2) is 5.82 Å². The summed E-state index contributed by atoms with van der Waals surface area (Å²) < 4.78 is 4.72. The lowest BCUT2D eigenvalue weighted by molar-refractivity contribution is -0.143. The second kappa shape index (κ2) is 7.25. The normalized spacial score (nSPS) is 17.4. The Labute approximate surface area is 140 Å². The number of hydrogen-bond acceptors (Lipinski definition) is 5. The predicted octanol–water partition coefficient (Wildman–Crippen LogP) is 2.00. The van der Waals surface area contributed by atoms with Crippen LogP contribution in [-0.4, -0.2) is 33.4 Å². The molecule has 2 amide bonds. The van der Waals surface area contributed by atoms with Crippen LogP contribution in [0, 0.1) is 0 Å². The van der Waals surface area contributed by atoms with Gasteiger partial charge in [-0.05, 0) is 25.3 Å². The van der Waals surface area contributed by atoms with E-state index in [0.717, 1.165) is 18.4 Å². The van der Waals surface area contributed by atoms with Crippen LogP contribution in [0.2, 0.25) is 0 Å². The van der Waals surface area contributed by atoms with Crippen molar-refractivity contribution in [3.63, 3.8) is 0 Å². The molecule has 0 unspecified atom stereocenters. The first kappa shape index (κ1) is 16.2. The highest BCUT2D eigenvalue weighted by Crippen LogP contribution is 2.26. The third-order valence-electron chi connectivity index (χ3n) is 4.16. The molecule has 3 rings (SSSR count). The maximum atomic E-state index is 12.9. The van der Waals surface area contributed by atoms with Crippen molar-refractivity contribution in [2.24, 2.45) is 0 Å². The number of carbonyl (C=O) groups is 2. The summed E-state index contributed by atoms with van der Waals surface area (Å²) in [6, 6.07) is 8.31. The fraction of sp³-hybridized carbons (Fsp3) is 0.412. The van der Waals surface area contributed by atoms with Crippen molar-refractivity contribution in [2.75, 3.05) is 6.54 Å². The van der Waals surface area contributed by atoms with Crippen molar-refractivity contribution in [1.29, 1.82) is 0 Å². The summed E-state index contributed by atoms with van der Waals surface area (Å²) in [6.45, 7) is 2.37. The minimum absolute atomic E-state index is 0.0115. The van der Waals surface area contributed by atoms with Gasteiger partial charge in [0.05, 0.1) is 6.04 Å². The van der Waals surface area contributed by atoms with Crippen LogP contribution in [0.15, 0.2) is 41.2 Å². The van der Waals surface area contributed by atoms with Crippen LogP contribution >= 0.6 is 0 Å². The van der Waals surface area contributed by atoms with Crippen molar-refractivity contribution in [2.45, 2.75) is 38.3 Å². The Bertz CT molecular complexity index is 687. The molecule has 1 N–H and O–H groups in total. The molecule has 1 fully saturated rings. The van der Waals surface area contributed by atoms with Crippen molar-refractivity contribution in [3.8, 4) is 0 Å². The van der Waals surface area contributed by atoms with E-state index in [9.17, 15) is 9.59 Å². The summed E-state index contributed by atoms with van der Waals surface area (Å²) in [4.78, 5) is 30.9. The number of rotatable bonds is 5. The SMILES string of the molecule is C[C@@H](NC(=O)[C@H](c1ccccc1)N1CCCCC1=O)c1ncon1. The van der Waals surface area contributed by atoms with Crippen molar-refractivity contribution in [3.05, 3.63) is 48.1 Å². The van der Waals surface area contributed by atoms with Crippen LogP contribution < -0.4 is 5.32 Å². The zero-order valence-electron chi connectivity index (χ0n) is 13.5. The van der Waals surface area contributed by atoms with Gasteiger partial charge in [-0.3, -0.25) is 9.59 Å². The van der Waals surface area contributed by atoms with Crippen LogP contribution in [0.25, 0.3) is 0 Å². The molecule has 1 saturated heterocycles. The summed E-state index contributed by atoms with van der Waals surface area (Å²) in [5.74, 6) is 0.173. The number of likely N-dealkylation sites (tertiary alicyclic amines) is 1. The topological polar surface area (TPSA) is 88.3 Å². The van der Waals surface area contributed by atoms with Crippen LogP contribution in [0.1, 0.15) is 49.7 Å². The summed E-state index contributed by atoms with van der Waals surface area (Å²) in [6.07, 6.45) is 3.48. The highest BCUT2D eigenvalue weighted by Gasteiger charge is 2.33. The fourth-order valence-corrected chi connectivity index (χ4v) is 2.93. The molecule has 1 aromatic heterocycles. The Morgan fingerprint density at radius 2 is 2.08 bits per heavy atom. The molecule has 0 radical (unpaired) electrons. The number of carbonyl (C=O) groups excluding carboxylic acids is 2. The number of amides is 2. The van der Waals surface area contributed by atoms with Gasteiger partial charge in [-0.25, -0.2) is 0 Å². The number of piperidine rings is 1. The molecule has 1 aromatic carbocycles. The maximum Gasteiger partial charge on any atom is 0.248 e. The third kappa shape index (κ3) is 3.45. The summed E-state index contributed by atoms with van der Waals surface area (Å²) >= 11 is 0. The maximum absolute atomic E-state index is 12.9. The lowest BCUT2D eigenvalue weighted by Gasteiger charge is -2.34. The quantitative estimate of drug-likeness (QED) is 0.907. The van der Waals surface area contributed by atoms with Gasteiger partial charge in [0, 0.05) is 13.0 Å². The van der Waals surface area contributed by atoms with E-state index in [-0.39, 0.29) is 11.8 Å². The smallest absolute Gasteiger partial charge is 0.248 e. The molecule has 2 atom stereocenters. The second-order valence-corrected chi connectivity index (χ2v) is 5.88. The molecule has 2 heterocycles. The summed E-state index contributed by atoms with van der Waals surface area (Å²) in [5.41, 5.74) is 0.797. The molecular formula is C17H20N4O3. The molecule has 1 aliphatic heterocycles. The summed E-state index contributed by atoms with van der Waals surface area (Å²) in [7, 11) is 0. The van der Waals surface area contributed by atoms with E-state index in [0.29, 0.717) is 18.8 Å². The highest BCUT2D eigenvalue weighted by molar-refractivity contribution is 5.89. The Morgan fingerprint density at radius 3 is 2.75 bits per heavy atom. The molecule has 2 aromatic rings. The second-order valence-electron chi connectivity index (χ2n) is 5.88. The molecule has 0 aliphatic carbocycles. The van der Waals surface area contributed by atoms with E-state index < -0.39 is 12.1 Å². The monoisotopic (exact) mass is 328 g/mol. The minimum Gasteiger partial charge on any atom is -0.344 e. The van der Waals surface area contributed by atoms with Crippen LogP contribution in [0.4, 0.5) is 0 Å². The minimum atomic E-state index is -0.645. The van der Waals surface area contributed by atoms with Crippen molar-refractivity contribution >= 4 is 11.8 Å². The highest BCUT2D eigenvalue weighted by atomic mass is 16.5. The molecule has 0 spiro atoms. The predicted molar refractivity (Wildman–Crippen MR) is 85.6 cm³/mol. The number of hydrogen-bond donors (Lipinski definition) is 1. The Morgan fingerprint density at radius 1 is 1.29 bits per heavy atom. The third-order valence-corrected chi connectivity index (χ3v) is 4.16. The largest absolute Gasteiger partial charge is 0.344 e. The van der Waals surface area contributed by atoms with E-state index in [1.54, 1.807) is 11.8 Å². The van der Waals surface area contributed by atoms with Crippen molar-refractivity contribution in [1.82, 2.24) is 20.4 Å². The molecule has 24 heavy (non-hydrogen) atoms. The van der Waals surface area contributed by atoms with Gasteiger partial charge in [0.25, 0.3) is 0 Å². The average Bonchev–Trinajstić information content (AvgIpc) is 3.12. The van der Waals surface area contributed by atoms with Crippen LogP contribution in [0.5, 0.6) is 0 Å². The standard InChI is InChI=1S/C17H20N4O3/c1-12(16-18-11-24-20-16)19-17(23)15(13-7-3-2-4-8-13)21-10-6-5-9-14(21)22/h2-4,7-8,11-12,15H,5-6,9-10H2,1H3,(H,19,23)/t12-,15+/m1/s1. The first-order chi connectivity index (χ1) is 11.7. The van der Waals surface area contributed by atoms with E-state index in [1.807, 2.05) is 30.3 Å². The van der Waals surface area contributed by atoms with Crippen LogP contribution in [-0.2, 0) is 9.59 Å². The zero-order valence-corrected chi connectivity index (χ0v) is 13.5. The first-order valence-corrected chi connectivity index (χ1v) is 8.08. The lowest BCUT2D eigenvalue weighted by atomic mass is 10.00. The van der Waals surface area contributed by atoms with Gasteiger partial charge in [-0.2, -0.15) is 4.98 Å². The number of benzene rings is 1. The van der Waals surface area contributed by atoms with Gasteiger partial charge in [-0.15, -0.1) is 0 Å². The molecule has 1 aliphatic rings. The van der Waals surface area contributed by atoms with E-state index in [1.165, 1.54) is 6.39 Å². The van der Waals surface area contributed by atoms with Crippen LogP contribution in [0.3, 0.4) is 0 Å². The number of nitrogens with zero attached hydrogens (tertiary/aromatic N) is 3. The van der Waals surface area contributed by atoms with Gasteiger partial charge in [-0.1, -0.05) is 35.5 Å². The molecule has 0 bridgehead atoms. The van der Waals surface area contributed by atoms with E-state index >= 15 is 0 Å². The molecule has 0 saturated carbocycles. The average molecular weight is 328 g/mol. The lowest BCUT2D eigenvalue weighted by Crippen LogP contribution is -2.46. The van der Waals surface area contributed by atoms with E-state index in [2.05, 4.69) is 15.5 Å². The number of nitrogens with one attached hydrogen (secondary N) is 1. The zero-order chi connectivity index (χ0) is 16.9. The van der Waals surface area contributed by atoms with Gasteiger partial charge < -0.3 is 14.7 Å². The van der Waals surface area contributed by atoms with Gasteiger partial charge in [0.1, 0.15) is 6.04 Å². The van der Waals surface area contributed by atoms with Crippen molar-refractivity contribution < 1.29 is 14.1 Å². The Kier molecular flexibility index (Phi) is 4.88. The Hall–Kier alpha value is -2.70. The summed E-state index contributed by atoms with van der Waals surface area (Å²) in [5, 5.41) is 6.63. The Balaban J connectivity index is 1.83. The molecular weight excluding hydrogens is 308 g/mol.